The van der Waals surface area contributed by atoms with E-state index in [-0.39, 0.29) is 17.0 Å². The third kappa shape index (κ3) is 5.36. The highest BCUT2D eigenvalue weighted by molar-refractivity contribution is 6.19. The monoisotopic (exact) mass is 518 g/mol. The number of hydrogen-bond acceptors (Lipinski definition) is 5. The van der Waals surface area contributed by atoms with Gasteiger partial charge in [0.1, 0.15) is 11.6 Å². The topological polar surface area (TPSA) is 115 Å². The van der Waals surface area contributed by atoms with Gasteiger partial charge in [-0.25, -0.2) is 14.5 Å². The van der Waals surface area contributed by atoms with Gasteiger partial charge in [0.2, 0.25) is 0 Å². The number of carbonyl (C=O) groups excluding carboxylic acids is 2. The molecule has 8 nitrogen and oxygen atoms in total. The van der Waals surface area contributed by atoms with Crippen molar-refractivity contribution >= 4 is 39.9 Å². The minimum Gasteiger partial charge on any atom is -0.384 e. The first kappa shape index (κ1) is 25.7. The Kier molecular flexibility index (Phi) is 6.62. The van der Waals surface area contributed by atoms with E-state index in [0.29, 0.717) is 22.6 Å². The molecule has 0 aliphatic carbocycles. The summed E-state index contributed by atoms with van der Waals surface area (Å²) in [7, 11) is 0. The van der Waals surface area contributed by atoms with Crippen molar-refractivity contribution in [2.24, 2.45) is 0 Å². The first-order valence-corrected chi connectivity index (χ1v) is 12.6. The molecule has 0 unspecified atom stereocenters. The second kappa shape index (κ2) is 10.1. The summed E-state index contributed by atoms with van der Waals surface area (Å²) in [5.74, 6) is 0.653. The molecule has 0 aliphatic heterocycles. The molecule has 5 rings (SSSR count). The van der Waals surface area contributed by atoms with Crippen molar-refractivity contribution in [2.75, 3.05) is 16.4 Å². The number of carbonyl (C=O) groups is 2. The summed E-state index contributed by atoms with van der Waals surface area (Å²) < 4.78 is 1.74. The first-order valence-electron chi connectivity index (χ1n) is 12.6. The Bertz CT molecular complexity index is 1700. The van der Waals surface area contributed by atoms with Gasteiger partial charge in [0.15, 0.2) is 5.78 Å². The zero-order valence-electron chi connectivity index (χ0n) is 22.3. The van der Waals surface area contributed by atoms with Crippen molar-refractivity contribution in [3.8, 4) is 5.69 Å². The molecule has 2 amide bonds. The number of rotatable bonds is 5. The van der Waals surface area contributed by atoms with E-state index in [2.05, 4.69) is 36.4 Å². The van der Waals surface area contributed by atoms with Crippen molar-refractivity contribution < 1.29 is 9.59 Å². The molecule has 8 heteroatoms. The lowest BCUT2D eigenvalue weighted by atomic mass is 9.92. The van der Waals surface area contributed by atoms with Crippen molar-refractivity contribution in [1.29, 1.82) is 0 Å². The largest absolute Gasteiger partial charge is 0.384 e. The fourth-order valence-corrected chi connectivity index (χ4v) is 4.34. The molecule has 196 valence electrons. The molecule has 4 N–H and O–H groups in total. The Hall–Kier alpha value is -4.98. The molecule has 3 aromatic carbocycles. The van der Waals surface area contributed by atoms with E-state index < -0.39 is 6.03 Å². The van der Waals surface area contributed by atoms with Crippen molar-refractivity contribution in [1.82, 2.24) is 14.8 Å². The number of nitrogens with two attached hydrogens (primary N) is 1. The predicted octanol–water partition coefficient (Wildman–Crippen LogP) is 6.48. The maximum Gasteiger partial charge on any atom is 0.324 e. The molecule has 0 atom stereocenters. The minimum atomic E-state index is -0.421. The average molecular weight is 519 g/mol. The van der Waals surface area contributed by atoms with E-state index in [9.17, 15) is 9.59 Å². The number of aromatic nitrogens is 3. The van der Waals surface area contributed by atoms with Crippen LogP contribution in [-0.4, -0.2) is 26.6 Å². The van der Waals surface area contributed by atoms with Gasteiger partial charge in [-0.15, -0.1) is 0 Å². The first-order chi connectivity index (χ1) is 18.6. The highest BCUT2D eigenvalue weighted by Gasteiger charge is 2.22. The Morgan fingerprint density at radius 3 is 2.28 bits per heavy atom. The number of pyridine rings is 1. The summed E-state index contributed by atoms with van der Waals surface area (Å²) in [6.45, 7) is 8.26. The molecule has 0 bridgehead atoms. The van der Waals surface area contributed by atoms with Gasteiger partial charge in [0.25, 0.3) is 0 Å². The van der Waals surface area contributed by atoms with Crippen LogP contribution in [0.25, 0.3) is 16.5 Å². The number of amides is 2. The number of benzene rings is 3. The summed E-state index contributed by atoms with van der Waals surface area (Å²) in [4.78, 5) is 30.5. The number of nitrogens with one attached hydrogen (secondary N) is 2. The number of anilines is 3. The zero-order valence-corrected chi connectivity index (χ0v) is 22.3. The number of fused-ring (bicyclic) bond motifs is 1. The lowest BCUT2D eigenvalue weighted by Crippen LogP contribution is -2.21. The maximum absolute atomic E-state index is 13.3. The number of nitrogens with zero attached hydrogens (tertiary/aromatic N) is 3. The predicted molar refractivity (Wildman–Crippen MR) is 156 cm³/mol. The van der Waals surface area contributed by atoms with Crippen LogP contribution in [0.5, 0.6) is 0 Å². The summed E-state index contributed by atoms with van der Waals surface area (Å²) in [5.41, 5.74) is 9.94. The third-order valence-corrected chi connectivity index (χ3v) is 6.46. The molecule has 5 aromatic rings. The third-order valence-electron chi connectivity index (χ3n) is 6.46. The highest BCUT2D eigenvalue weighted by atomic mass is 16.2. The van der Waals surface area contributed by atoms with Crippen LogP contribution in [0.2, 0.25) is 0 Å². The summed E-state index contributed by atoms with van der Waals surface area (Å²) in [6, 6.07) is 23.5. The van der Waals surface area contributed by atoms with Crippen LogP contribution in [0.1, 0.15) is 48.0 Å². The Labute approximate surface area is 226 Å². The fraction of sp³-hybridized carbons (Fsp3) is 0.161. The Balaban J connectivity index is 1.46. The fourth-order valence-electron chi connectivity index (χ4n) is 4.34. The molecule has 2 heterocycles. The van der Waals surface area contributed by atoms with Crippen molar-refractivity contribution in [2.45, 2.75) is 33.1 Å². The van der Waals surface area contributed by atoms with E-state index in [1.54, 1.807) is 28.9 Å². The smallest absolute Gasteiger partial charge is 0.324 e. The van der Waals surface area contributed by atoms with Crippen LogP contribution in [0.15, 0.2) is 85.1 Å². The molecular formula is C31H30N6O2. The second-order valence-corrected chi connectivity index (χ2v) is 10.5. The van der Waals surface area contributed by atoms with Crippen LogP contribution in [0.3, 0.4) is 0 Å². The Morgan fingerprint density at radius 2 is 1.59 bits per heavy atom. The van der Waals surface area contributed by atoms with Crippen LogP contribution in [0, 0.1) is 6.92 Å². The number of aryl methyl sites for hydroxylation is 1. The molecular weight excluding hydrogens is 488 g/mol. The van der Waals surface area contributed by atoms with Crippen LogP contribution in [-0.2, 0) is 5.41 Å². The molecule has 0 spiro atoms. The van der Waals surface area contributed by atoms with Crippen LogP contribution >= 0.6 is 0 Å². The summed E-state index contributed by atoms with van der Waals surface area (Å²) in [6.07, 6.45) is 1.51. The van der Waals surface area contributed by atoms with Crippen molar-refractivity contribution in [3.05, 3.63) is 107 Å². The summed E-state index contributed by atoms with van der Waals surface area (Å²) in [5, 5.41) is 12.2. The molecule has 2 aromatic heterocycles. The van der Waals surface area contributed by atoms with Crippen LogP contribution < -0.4 is 16.4 Å². The van der Waals surface area contributed by atoms with Crippen LogP contribution in [0.4, 0.5) is 22.1 Å². The minimum absolute atomic E-state index is 0.173. The van der Waals surface area contributed by atoms with Gasteiger partial charge in [-0.05, 0) is 48.7 Å². The van der Waals surface area contributed by atoms with Gasteiger partial charge in [0, 0.05) is 34.2 Å². The molecule has 0 fully saturated rings. The van der Waals surface area contributed by atoms with Crippen molar-refractivity contribution in [3.63, 3.8) is 0 Å². The lowest BCUT2D eigenvalue weighted by molar-refractivity contribution is 0.104. The van der Waals surface area contributed by atoms with Gasteiger partial charge in [-0.1, -0.05) is 62.7 Å². The summed E-state index contributed by atoms with van der Waals surface area (Å²) >= 11 is 0. The normalized spacial score (nSPS) is 11.4. The zero-order chi connectivity index (χ0) is 27.7. The highest BCUT2D eigenvalue weighted by Crippen LogP contribution is 2.30. The van der Waals surface area contributed by atoms with Gasteiger partial charge in [-0.2, -0.15) is 5.10 Å². The SMILES string of the molecule is Cc1ccc(-n2nc(C(C)(C)C)cc2NC(=O)Nc2ccc(C(=O)c3ccnc(N)c3)c3ccccc23)cc1. The number of hydrogen-bond donors (Lipinski definition) is 3. The van der Waals surface area contributed by atoms with E-state index >= 15 is 0 Å². The molecule has 0 saturated carbocycles. The molecule has 0 saturated heterocycles. The van der Waals surface area contributed by atoms with Gasteiger partial charge in [0.05, 0.1) is 17.1 Å². The standard InChI is InChI=1S/C31H30N6O2/c1-19-9-11-21(12-10-19)37-28(18-26(36-37)31(2,3)4)35-30(39)34-25-14-13-24(22-7-5-6-8-23(22)25)29(38)20-15-16-33-27(32)17-20/h5-18H,1-4H3,(H2,32,33)(H2,34,35,39). The molecule has 0 aliphatic rings. The van der Waals surface area contributed by atoms with E-state index in [0.717, 1.165) is 27.7 Å². The molecule has 0 radical (unpaired) electrons. The quantitative estimate of drug-likeness (QED) is 0.230. The average Bonchev–Trinajstić information content (AvgIpc) is 3.33. The number of nitrogen functional groups attached to an aromatic ring is 1. The van der Waals surface area contributed by atoms with E-state index in [4.69, 9.17) is 10.8 Å². The van der Waals surface area contributed by atoms with Gasteiger partial charge >= 0.3 is 6.03 Å². The lowest BCUT2D eigenvalue weighted by Gasteiger charge is -2.14. The van der Waals surface area contributed by atoms with Gasteiger partial charge in [-0.3, -0.25) is 10.1 Å². The molecule has 39 heavy (non-hydrogen) atoms. The van der Waals surface area contributed by atoms with E-state index in [1.165, 1.54) is 6.20 Å². The number of ketones is 1. The second-order valence-electron chi connectivity index (χ2n) is 10.5. The Morgan fingerprint density at radius 1 is 0.872 bits per heavy atom. The van der Waals surface area contributed by atoms with Gasteiger partial charge < -0.3 is 11.1 Å². The maximum atomic E-state index is 13.3. The van der Waals surface area contributed by atoms with E-state index in [1.807, 2.05) is 61.5 Å². The number of urea groups is 1.